The number of nitrogens with zero attached hydrogens (tertiary/aromatic N) is 3. The SMILES string of the molecule is Clc1ccc([C@H]2Oc3ccc(Cl)cc3C3=C2[C@H](c2ccccc2)n2ncnc2N3)c(Cl)c1. The summed E-state index contributed by atoms with van der Waals surface area (Å²) in [5.41, 5.74) is 4.59. The fourth-order valence-corrected chi connectivity index (χ4v) is 5.05. The number of nitrogens with one attached hydrogen (secondary N) is 1. The number of halogens is 3. The molecular weight excluding hydrogens is 467 g/mol. The van der Waals surface area contributed by atoms with Crippen molar-refractivity contribution >= 4 is 46.4 Å². The number of ether oxygens (including phenoxy) is 1. The van der Waals surface area contributed by atoms with Crippen LogP contribution in [0.5, 0.6) is 5.75 Å². The van der Waals surface area contributed by atoms with E-state index in [9.17, 15) is 0 Å². The quantitative estimate of drug-likeness (QED) is 0.342. The topological polar surface area (TPSA) is 52.0 Å². The highest BCUT2D eigenvalue weighted by Crippen LogP contribution is 2.51. The van der Waals surface area contributed by atoms with Gasteiger partial charge in [0.2, 0.25) is 5.95 Å². The Morgan fingerprint density at radius 2 is 1.69 bits per heavy atom. The monoisotopic (exact) mass is 480 g/mol. The van der Waals surface area contributed by atoms with Gasteiger partial charge in [-0.15, -0.1) is 0 Å². The first kappa shape index (κ1) is 19.7. The first-order valence-corrected chi connectivity index (χ1v) is 11.1. The Morgan fingerprint density at radius 1 is 0.906 bits per heavy atom. The maximum Gasteiger partial charge on any atom is 0.226 e. The average Bonchev–Trinajstić information content (AvgIpc) is 3.26. The Kier molecular flexibility index (Phi) is 4.65. The molecule has 0 unspecified atom stereocenters. The minimum atomic E-state index is -0.474. The zero-order chi connectivity index (χ0) is 21.8. The second kappa shape index (κ2) is 7.55. The van der Waals surface area contributed by atoms with Crippen molar-refractivity contribution in [3.63, 3.8) is 0 Å². The number of hydrogen-bond donors (Lipinski definition) is 1. The van der Waals surface area contributed by atoms with Gasteiger partial charge in [0.15, 0.2) is 6.10 Å². The molecule has 6 rings (SSSR count). The average molecular weight is 482 g/mol. The summed E-state index contributed by atoms with van der Waals surface area (Å²) < 4.78 is 8.43. The van der Waals surface area contributed by atoms with E-state index in [1.807, 2.05) is 53.2 Å². The first-order valence-electron chi connectivity index (χ1n) is 9.97. The second-order valence-corrected chi connectivity index (χ2v) is 8.88. The molecule has 0 spiro atoms. The van der Waals surface area contributed by atoms with Gasteiger partial charge in [-0.05, 0) is 35.9 Å². The van der Waals surface area contributed by atoms with E-state index in [-0.39, 0.29) is 6.04 Å². The Labute approximate surface area is 199 Å². The largest absolute Gasteiger partial charge is 0.480 e. The van der Waals surface area contributed by atoms with Crippen LogP contribution in [0.2, 0.25) is 15.1 Å². The Bertz CT molecular complexity index is 1380. The maximum atomic E-state index is 6.66. The molecule has 3 aromatic carbocycles. The molecule has 0 saturated carbocycles. The van der Waals surface area contributed by atoms with Crippen molar-refractivity contribution in [2.75, 3.05) is 5.32 Å². The fourth-order valence-electron chi connectivity index (χ4n) is 4.37. The fraction of sp³-hybridized carbons (Fsp3) is 0.0833. The molecule has 0 radical (unpaired) electrons. The molecule has 4 aromatic rings. The molecule has 0 aliphatic carbocycles. The van der Waals surface area contributed by atoms with Crippen molar-refractivity contribution in [1.29, 1.82) is 0 Å². The highest BCUT2D eigenvalue weighted by molar-refractivity contribution is 6.35. The van der Waals surface area contributed by atoms with Gasteiger partial charge in [-0.3, -0.25) is 0 Å². The summed E-state index contributed by atoms with van der Waals surface area (Å²) in [6.45, 7) is 0. The van der Waals surface area contributed by atoms with Gasteiger partial charge < -0.3 is 10.1 Å². The maximum absolute atomic E-state index is 6.66. The zero-order valence-corrected chi connectivity index (χ0v) is 18.7. The standard InChI is InChI=1S/C24H15Cl3N4O/c25-14-7-9-19-17(10-14)21-20(23(32-19)16-8-6-15(26)11-18(16)27)22(13-4-2-1-3-5-13)31-24(30-21)28-12-29-31/h1-12,22-23H,(H,28,29,30)/t22-,23+/m0/s1. The van der Waals surface area contributed by atoms with E-state index in [2.05, 4.69) is 27.5 Å². The van der Waals surface area contributed by atoms with Gasteiger partial charge in [-0.25, -0.2) is 4.68 Å². The number of aromatic nitrogens is 3. The van der Waals surface area contributed by atoms with E-state index >= 15 is 0 Å². The van der Waals surface area contributed by atoms with Gasteiger partial charge in [-0.1, -0.05) is 71.2 Å². The molecule has 1 aromatic heterocycles. The summed E-state index contributed by atoms with van der Waals surface area (Å²) in [5.74, 6) is 1.35. The summed E-state index contributed by atoms with van der Waals surface area (Å²) in [6, 6.07) is 20.9. The van der Waals surface area contributed by atoms with E-state index in [4.69, 9.17) is 39.5 Å². The number of fused-ring (bicyclic) bond motifs is 3. The van der Waals surface area contributed by atoms with Crippen LogP contribution >= 0.6 is 34.8 Å². The lowest BCUT2D eigenvalue weighted by Crippen LogP contribution is -2.32. The van der Waals surface area contributed by atoms with Crippen LogP contribution in [0.25, 0.3) is 5.70 Å². The van der Waals surface area contributed by atoms with Gasteiger partial charge >= 0.3 is 0 Å². The lowest BCUT2D eigenvalue weighted by Gasteiger charge is -2.39. The molecule has 5 nitrogen and oxygen atoms in total. The molecular formula is C24H15Cl3N4O. The number of anilines is 1. The van der Waals surface area contributed by atoms with Crippen molar-refractivity contribution in [3.8, 4) is 5.75 Å². The van der Waals surface area contributed by atoms with Crippen LogP contribution in [0.1, 0.15) is 28.8 Å². The molecule has 32 heavy (non-hydrogen) atoms. The third-order valence-corrected chi connectivity index (χ3v) is 6.53. The summed E-state index contributed by atoms with van der Waals surface area (Å²) in [5, 5.41) is 9.68. The predicted molar refractivity (Wildman–Crippen MR) is 126 cm³/mol. The van der Waals surface area contributed by atoms with Gasteiger partial charge in [0.25, 0.3) is 0 Å². The van der Waals surface area contributed by atoms with Crippen molar-refractivity contribution in [2.24, 2.45) is 0 Å². The van der Waals surface area contributed by atoms with Crippen LogP contribution < -0.4 is 10.1 Å². The minimum Gasteiger partial charge on any atom is -0.480 e. The molecule has 0 fully saturated rings. The van der Waals surface area contributed by atoms with Crippen molar-refractivity contribution < 1.29 is 4.74 Å². The zero-order valence-electron chi connectivity index (χ0n) is 16.5. The van der Waals surface area contributed by atoms with Gasteiger partial charge in [0.1, 0.15) is 18.1 Å². The highest BCUT2D eigenvalue weighted by atomic mass is 35.5. The van der Waals surface area contributed by atoms with Gasteiger partial charge in [0.05, 0.1) is 5.70 Å². The Hall–Kier alpha value is -2.99. The van der Waals surface area contributed by atoms with Crippen molar-refractivity contribution in [1.82, 2.24) is 14.8 Å². The summed E-state index contributed by atoms with van der Waals surface area (Å²) in [4.78, 5) is 4.44. The van der Waals surface area contributed by atoms with E-state index in [1.165, 1.54) is 0 Å². The predicted octanol–water partition coefficient (Wildman–Crippen LogP) is 6.80. The minimum absolute atomic E-state index is 0.256. The third kappa shape index (κ3) is 3.08. The smallest absolute Gasteiger partial charge is 0.226 e. The number of benzene rings is 3. The van der Waals surface area contributed by atoms with E-state index in [0.717, 1.165) is 28.0 Å². The van der Waals surface area contributed by atoms with Crippen LogP contribution in [-0.4, -0.2) is 14.8 Å². The van der Waals surface area contributed by atoms with Crippen LogP contribution in [0.4, 0.5) is 5.95 Å². The molecule has 3 heterocycles. The number of rotatable bonds is 2. The summed E-state index contributed by atoms with van der Waals surface area (Å²) in [7, 11) is 0. The Morgan fingerprint density at radius 3 is 2.50 bits per heavy atom. The van der Waals surface area contributed by atoms with E-state index < -0.39 is 6.10 Å². The molecule has 2 aliphatic heterocycles. The molecule has 0 bridgehead atoms. The molecule has 158 valence electrons. The molecule has 1 N–H and O–H groups in total. The molecule has 8 heteroatoms. The van der Waals surface area contributed by atoms with Crippen molar-refractivity contribution in [3.05, 3.63) is 110 Å². The summed E-state index contributed by atoms with van der Waals surface area (Å²) >= 11 is 19.2. The van der Waals surface area contributed by atoms with Crippen LogP contribution in [0.3, 0.4) is 0 Å². The van der Waals surface area contributed by atoms with Crippen LogP contribution in [-0.2, 0) is 0 Å². The lowest BCUT2D eigenvalue weighted by atomic mass is 9.84. The normalized spacial score (nSPS) is 18.8. The molecule has 0 amide bonds. The third-order valence-electron chi connectivity index (χ3n) is 5.74. The van der Waals surface area contributed by atoms with Gasteiger partial charge in [-0.2, -0.15) is 10.1 Å². The van der Waals surface area contributed by atoms with Crippen molar-refractivity contribution in [2.45, 2.75) is 12.1 Å². The van der Waals surface area contributed by atoms with E-state index in [0.29, 0.717) is 26.8 Å². The molecule has 2 atom stereocenters. The lowest BCUT2D eigenvalue weighted by molar-refractivity contribution is 0.223. The highest BCUT2D eigenvalue weighted by Gasteiger charge is 2.41. The van der Waals surface area contributed by atoms with Gasteiger partial charge in [0, 0.05) is 31.8 Å². The van der Waals surface area contributed by atoms with Crippen LogP contribution in [0, 0.1) is 0 Å². The molecule has 2 aliphatic rings. The van der Waals surface area contributed by atoms with Crippen LogP contribution in [0.15, 0.2) is 78.6 Å². The first-order chi connectivity index (χ1) is 15.6. The Balaban J connectivity index is 1.65. The van der Waals surface area contributed by atoms with E-state index in [1.54, 1.807) is 12.4 Å². The number of hydrogen-bond acceptors (Lipinski definition) is 4. The second-order valence-electron chi connectivity index (χ2n) is 7.60. The summed E-state index contributed by atoms with van der Waals surface area (Å²) in [6.07, 6.45) is 1.07. The molecule has 0 saturated heterocycles.